The van der Waals surface area contributed by atoms with Crippen molar-refractivity contribution in [3.8, 4) is 11.5 Å². The Morgan fingerprint density at radius 3 is 2.19 bits per heavy atom. The van der Waals surface area contributed by atoms with Crippen LogP contribution in [-0.2, 0) is 16.0 Å². The average Bonchev–Trinajstić information content (AvgIpc) is 2.66. The molecule has 1 aliphatic heterocycles. The molecule has 0 radical (unpaired) electrons. The Morgan fingerprint density at radius 1 is 1.12 bits per heavy atom. The Morgan fingerprint density at radius 2 is 1.69 bits per heavy atom. The summed E-state index contributed by atoms with van der Waals surface area (Å²) in [7, 11) is 3.23. The van der Waals surface area contributed by atoms with Crippen LogP contribution in [0.4, 0.5) is 0 Å². The minimum absolute atomic E-state index is 0.0287. The Labute approximate surface area is 155 Å². The molecule has 6 nitrogen and oxygen atoms in total. The van der Waals surface area contributed by atoms with Gasteiger partial charge in [-0.05, 0) is 37.0 Å². The van der Waals surface area contributed by atoms with Gasteiger partial charge in [0.15, 0.2) is 0 Å². The second kappa shape index (κ2) is 9.46. The molecule has 0 aliphatic carbocycles. The summed E-state index contributed by atoms with van der Waals surface area (Å²) in [6, 6.07) is 5.81. The van der Waals surface area contributed by atoms with Gasteiger partial charge in [0, 0.05) is 37.5 Å². The Kier molecular flexibility index (Phi) is 7.30. The molecule has 1 saturated heterocycles. The highest BCUT2D eigenvalue weighted by molar-refractivity contribution is 5.78. The van der Waals surface area contributed by atoms with Gasteiger partial charge in [-0.3, -0.25) is 9.59 Å². The summed E-state index contributed by atoms with van der Waals surface area (Å²) in [5, 5.41) is 3.10. The number of nitrogens with zero attached hydrogens (tertiary/aromatic N) is 1. The van der Waals surface area contributed by atoms with Crippen LogP contribution in [0.5, 0.6) is 11.5 Å². The number of hydrogen-bond donors (Lipinski definition) is 1. The second-order valence-electron chi connectivity index (χ2n) is 7.04. The summed E-state index contributed by atoms with van der Waals surface area (Å²) >= 11 is 0. The van der Waals surface area contributed by atoms with E-state index in [9.17, 15) is 9.59 Å². The smallest absolute Gasteiger partial charge is 0.225 e. The number of ether oxygens (including phenoxy) is 2. The number of hydrogen-bond acceptors (Lipinski definition) is 4. The standard InChI is InChI=1S/C20H30N2O4/c1-14(2)20(24)22-9-7-16(8-10-22)21-19(23)6-5-15-11-17(25-3)13-18(12-15)26-4/h11-14,16H,5-10H2,1-4H3,(H,21,23). The van der Waals surface area contributed by atoms with Gasteiger partial charge in [-0.1, -0.05) is 13.8 Å². The summed E-state index contributed by atoms with van der Waals surface area (Å²) < 4.78 is 10.5. The lowest BCUT2D eigenvalue weighted by molar-refractivity contribution is -0.135. The molecular formula is C20H30N2O4. The summed E-state index contributed by atoms with van der Waals surface area (Å²) in [5.74, 6) is 1.71. The van der Waals surface area contributed by atoms with E-state index in [-0.39, 0.29) is 23.8 Å². The van der Waals surface area contributed by atoms with Gasteiger partial charge in [0.1, 0.15) is 11.5 Å². The quantitative estimate of drug-likeness (QED) is 0.809. The zero-order valence-corrected chi connectivity index (χ0v) is 16.2. The molecule has 0 bridgehead atoms. The molecule has 1 aromatic carbocycles. The van der Waals surface area contributed by atoms with Crippen molar-refractivity contribution < 1.29 is 19.1 Å². The molecule has 2 rings (SSSR count). The first-order chi connectivity index (χ1) is 12.4. The highest BCUT2D eigenvalue weighted by Crippen LogP contribution is 2.23. The van der Waals surface area contributed by atoms with Gasteiger partial charge >= 0.3 is 0 Å². The monoisotopic (exact) mass is 362 g/mol. The fourth-order valence-electron chi connectivity index (χ4n) is 3.18. The molecule has 144 valence electrons. The van der Waals surface area contributed by atoms with Crippen LogP contribution in [0.15, 0.2) is 18.2 Å². The van der Waals surface area contributed by atoms with E-state index < -0.39 is 0 Å². The Hall–Kier alpha value is -2.24. The fourth-order valence-corrected chi connectivity index (χ4v) is 3.18. The lowest BCUT2D eigenvalue weighted by atomic mass is 10.0. The normalized spacial score (nSPS) is 15.0. The molecule has 1 fully saturated rings. The molecule has 1 N–H and O–H groups in total. The van der Waals surface area contributed by atoms with E-state index in [1.54, 1.807) is 14.2 Å². The van der Waals surface area contributed by atoms with Crippen molar-refractivity contribution >= 4 is 11.8 Å². The maximum atomic E-state index is 12.3. The first-order valence-electron chi connectivity index (χ1n) is 9.23. The topological polar surface area (TPSA) is 67.9 Å². The third-order valence-corrected chi connectivity index (χ3v) is 4.72. The van der Waals surface area contributed by atoms with Crippen LogP contribution in [0.1, 0.15) is 38.7 Å². The highest BCUT2D eigenvalue weighted by atomic mass is 16.5. The molecular weight excluding hydrogens is 332 g/mol. The molecule has 2 amide bonds. The number of nitrogens with one attached hydrogen (secondary N) is 1. The first-order valence-corrected chi connectivity index (χ1v) is 9.23. The van der Waals surface area contributed by atoms with Gasteiger partial charge in [-0.15, -0.1) is 0 Å². The minimum atomic E-state index is 0.0287. The Bertz CT molecular complexity index is 600. The van der Waals surface area contributed by atoms with E-state index in [1.165, 1.54) is 0 Å². The number of likely N-dealkylation sites (tertiary alicyclic amines) is 1. The van der Waals surface area contributed by atoms with Crippen LogP contribution in [-0.4, -0.2) is 50.1 Å². The van der Waals surface area contributed by atoms with Crippen LogP contribution in [0, 0.1) is 5.92 Å². The molecule has 0 unspecified atom stereocenters. The van der Waals surface area contributed by atoms with Gasteiger partial charge < -0.3 is 19.7 Å². The van der Waals surface area contributed by atoms with Gasteiger partial charge in [-0.25, -0.2) is 0 Å². The summed E-state index contributed by atoms with van der Waals surface area (Å²) in [5.41, 5.74) is 1.01. The van der Waals surface area contributed by atoms with E-state index in [0.29, 0.717) is 12.8 Å². The van der Waals surface area contributed by atoms with Crippen LogP contribution < -0.4 is 14.8 Å². The third-order valence-electron chi connectivity index (χ3n) is 4.72. The number of aryl methyl sites for hydroxylation is 1. The molecule has 0 spiro atoms. The van der Waals surface area contributed by atoms with Crippen molar-refractivity contribution in [1.29, 1.82) is 0 Å². The van der Waals surface area contributed by atoms with Gasteiger partial charge in [0.05, 0.1) is 14.2 Å². The van der Waals surface area contributed by atoms with Crippen molar-refractivity contribution in [3.05, 3.63) is 23.8 Å². The van der Waals surface area contributed by atoms with Crippen molar-refractivity contribution in [2.45, 2.75) is 45.6 Å². The number of carbonyl (C=O) groups excluding carboxylic acids is 2. The number of benzene rings is 1. The molecule has 1 aliphatic rings. The average molecular weight is 362 g/mol. The SMILES string of the molecule is COc1cc(CCC(=O)NC2CCN(C(=O)C(C)C)CC2)cc(OC)c1. The number of amides is 2. The number of rotatable bonds is 7. The zero-order valence-electron chi connectivity index (χ0n) is 16.2. The molecule has 1 heterocycles. The first kappa shape index (κ1) is 20.1. The lowest BCUT2D eigenvalue weighted by Gasteiger charge is -2.33. The zero-order chi connectivity index (χ0) is 19.1. The molecule has 26 heavy (non-hydrogen) atoms. The molecule has 0 aromatic heterocycles. The van der Waals surface area contributed by atoms with Crippen LogP contribution in [0.2, 0.25) is 0 Å². The summed E-state index contributed by atoms with van der Waals surface area (Å²) in [6.45, 7) is 5.28. The van der Waals surface area contributed by atoms with E-state index in [4.69, 9.17) is 9.47 Å². The maximum absolute atomic E-state index is 12.3. The van der Waals surface area contributed by atoms with Crippen LogP contribution >= 0.6 is 0 Å². The van der Waals surface area contributed by atoms with Crippen molar-refractivity contribution in [1.82, 2.24) is 10.2 Å². The number of methoxy groups -OCH3 is 2. The van der Waals surface area contributed by atoms with E-state index in [2.05, 4.69) is 5.32 Å². The summed E-state index contributed by atoms with van der Waals surface area (Å²) in [6.07, 6.45) is 2.68. The fraction of sp³-hybridized carbons (Fsp3) is 0.600. The van der Waals surface area contributed by atoms with Crippen molar-refractivity contribution in [2.24, 2.45) is 5.92 Å². The molecule has 6 heteroatoms. The predicted octanol–water partition coefficient (Wildman–Crippen LogP) is 2.40. The second-order valence-corrected chi connectivity index (χ2v) is 7.04. The van der Waals surface area contributed by atoms with Crippen LogP contribution in [0.3, 0.4) is 0 Å². The molecule has 0 atom stereocenters. The minimum Gasteiger partial charge on any atom is -0.497 e. The molecule has 1 aromatic rings. The van der Waals surface area contributed by atoms with Crippen LogP contribution in [0.25, 0.3) is 0 Å². The van der Waals surface area contributed by atoms with Gasteiger partial charge in [0.2, 0.25) is 11.8 Å². The Balaban J connectivity index is 1.79. The van der Waals surface area contributed by atoms with Gasteiger partial charge in [0.25, 0.3) is 0 Å². The highest BCUT2D eigenvalue weighted by Gasteiger charge is 2.24. The van der Waals surface area contributed by atoms with E-state index >= 15 is 0 Å². The maximum Gasteiger partial charge on any atom is 0.225 e. The van der Waals surface area contributed by atoms with E-state index in [0.717, 1.165) is 43.0 Å². The molecule has 0 saturated carbocycles. The lowest BCUT2D eigenvalue weighted by Crippen LogP contribution is -2.47. The van der Waals surface area contributed by atoms with Gasteiger partial charge in [-0.2, -0.15) is 0 Å². The largest absolute Gasteiger partial charge is 0.497 e. The number of carbonyl (C=O) groups is 2. The summed E-state index contributed by atoms with van der Waals surface area (Å²) in [4.78, 5) is 26.2. The van der Waals surface area contributed by atoms with E-state index in [1.807, 2.05) is 36.9 Å². The number of piperidine rings is 1. The third kappa shape index (κ3) is 5.64. The predicted molar refractivity (Wildman–Crippen MR) is 100 cm³/mol. The van der Waals surface area contributed by atoms with Crippen molar-refractivity contribution in [2.75, 3.05) is 27.3 Å². The van der Waals surface area contributed by atoms with Crippen molar-refractivity contribution in [3.63, 3.8) is 0 Å².